The zero-order chi connectivity index (χ0) is 12.1. The molecule has 90 valence electrons. The van der Waals surface area contributed by atoms with E-state index in [1.54, 1.807) is 7.05 Å². The molecular formula is C8H18N2O4S. The molecule has 0 fully saturated rings. The van der Waals surface area contributed by atoms with Crippen molar-refractivity contribution >= 4 is 16.0 Å². The number of rotatable bonds is 7. The summed E-state index contributed by atoms with van der Waals surface area (Å²) < 4.78 is 24.4. The molecule has 1 unspecified atom stereocenters. The topological polar surface area (TPSA) is 86.7 Å². The van der Waals surface area contributed by atoms with Crippen LogP contribution in [0, 0.1) is 0 Å². The number of carboxylic acids is 1. The van der Waals surface area contributed by atoms with Crippen LogP contribution in [0.4, 0.5) is 0 Å². The predicted molar refractivity (Wildman–Crippen MR) is 56.9 cm³/mol. The summed E-state index contributed by atoms with van der Waals surface area (Å²) in [6.07, 6.45) is 1.96. The third-order valence-corrected chi connectivity index (χ3v) is 2.53. The maximum Gasteiger partial charge on any atom is 0.317 e. The van der Waals surface area contributed by atoms with Crippen molar-refractivity contribution in [3.8, 4) is 0 Å². The van der Waals surface area contributed by atoms with Crippen molar-refractivity contribution in [2.45, 2.75) is 25.9 Å². The lowest BCUT2D eigenvalue weighted by Crippen LogP contribution is -2.47. The van der Waals surface area contributed by atoms with Crippen LogP contribution in [0.2, 0.25) is 0 Å². The van der Waals surface area contributed by atoms with E-state index in [1.807, 2.05) is 6.92 Å². The van der Waals surface area contributed by atoms with Gasteiger partial charge in [0.05, 0.1) is 19.0 Å². The van der Waals surface area contributed by atoms with Crippen LogP contribution in [-0.4, -0.2) is 50.4 Å². The van der Waals surface area contributed by atoms with Gasteiger partial charge in [-0.2, -0.15) is 4.72 Å². The second-order valence-electron chi connectivity index (χ2n) is 3.50. The molecule has 6 nitrogen and oxygen atoms in total. The number of nitrogens with zero attached hydrogens (tertiary/aromatic N) is 1. The summed E-state index contributed by atoms with van der Waals surface area (Å²) in [4.78, 5) is 11.9. The van der Waals surface area contributed by atoms with Crippen molar-refractivity contribution in [2.24, 2.45) is 0 Å². The number of carboxylic acid groups (broad SMARTS) is 1. The fourth-order valence-corrected chi connectivity index (χ4v) is 2.01. The van der Waals surface area contributed by atoms with Gasteiger partial charge in [0, 0.05) is 0 Å². The average Bonchev–Trinajstić information content (AvgIpc) is 1.99. The van der Waals surface area contributed by atoms with E-state index in [0.29, 0.717) is 6.42 Å². The standard InChI is InChI=1S/C8H18N2O4S/c1-4-5-7(9-15(3,13)14)10(2)6-8(11)12/h7,9H,4-6H2,1-3H3,(H,11,12). The van der Waals surface area contributed by atoms with Crippen LogP contribution in [0.5, 0.6) is 0 Å². The molecule has 0 aromatic rings. The summed E-state index contributed by atoms with van der Waals surface area (Å²) in [5, 5.41) is 8.58. The van der Waals surface area contributed by atoms with Crippen LogP contribution in [-0.2, 0) is 14.8 Å². The van der Waals surface area contributed by atoms with E-state index in [0.717, 1.165) is 12.7 Å². The van der Waals surface area contributed by atoms with Gasteiger partial charge in [-0.15, -0.1) is 0 Å². The summed E-state index contributed by atoms with van der Waals surface area (Å²) in [7, 11) is -1.73. The smallest absolute Gasteiger partial charge is 0.317 e. The van der Waals surface area contributed by atoms with Gasteiger partial charge in [0.1, 0.15) is 0 Å². The highest BCUT2D eigenvalue weighted by Gasteiger charge is 2.19. The Balaban J connectivity index is 4.44. The lowest BCUT2D eigenvalue weighted by atomic mass is 10.2. The first-order valence-corrected chi connectivity index (χ1v) is 6.54. The fourth-order valence-electron chi connectivity index (χ4n) is 1.21. The van der Waals surface area contributed by atoms with Gasteiger partial charge in [-0.3, -0.25) is 9.69 Å². The maximum atomic E-state index is 11.0. The van der Waals surface area contributed by atoms with E-state index in [9.17, 15) is 13.2 Å². The summed E-state index contributed by atoms with van der Waals surface area (Å²) in [6, 6.07) is 0. The minimum atomic E-state index is -3.31. The highest BCUT2D eigenvalue weighted by molar-refractivity contribution is 7.88. The average molecular weight is 238 g/mol. The van der Waals surface area contributed by atoms with Gasteiger partial charge in [0.15, 0.2) is 0 Å². The van der Waals surface area contributed by atoms with Gasteiger partial charge in [0.25, 0.3) is 0 Å². The van der Waals surface area contributed by atoms with Crippen LogP contribution in [0.15, 0.2) is 0 Å². The van der Waals surface area contributed by atoms with Crippen molar-refractivity contribution in [1.82, 2.24) is 9.62 Å². The minimum Gasteiger partial charge on any atom is -0.480 e. The summed E-state index contributed by atoms with van der Waals surface area (Å²) in [5.74, 6) is -0.978. The molecule has 0 aliphatic heterocycles. The van der Waals surface area contributed by atoms with Crippen molar-refractivity contribution in [2.75, 3.05) is 19.8 Å². The van der Waals surface area contributed by atoms with Gasteiger partial charge in [0.2, 0.25) is 10.0 Å². The molecule has 0 aliphatic rings. The Hall–Kier alpha value is -0.660. The molecule has 0 saturated carbocycles. The van der Waals surface area contributed by atoms with E-state index >= 15 is 0 Å². The molecule has 15 heavy (non-hydrogen) atoms. The Morgan fingerprint density at radius 1 is 1.53 bits per heavy atom. The number of likely N-dealkylation sites (N-methyl/N-ethyl adjacent to an activating group) is 1. The van der Waals surface area contributed by atoms with E-state index in [2.05, 4.69) is 4.72 Å². The van der Waals surface area contributed by atoms with Crippen LogP contribution in [0.25, 0.3) is 0 Å². The highest BCUT2D eigenvalue weighted by atomic mass is 32.2. The molecule has 0 amide bonds. The Morgan fingerprint density at radius 3 is 2.40 bits per heavy atom. The first-order chi connectivity index (χ1) is 6.76. The van der Waals surface area contributed by atoms with E-state index in [4.69, 9.17) is 5.11 Å². The largest absolute Gasteiger partial charge is 0.480 e. The molecule has 0 aliphatic carbocycles. The lowest BCUT2D eigenvalue weighted by Gasteiger charge is -2.26. The van der Waals surface area contributed by atoms with Crippen LogP contribution >= 0.6 is 0 Å². The van der Waals surface area contributed by atoms with Gasteiger partial charge < -0.3 is 5.11 Å². The number of hydrogen-bond donors (Lipinski definition) is 2. The van der Waals surface area contributed by atoms with Crippen LogP contribution in [0.1, 0.15) is 19.8 Å². The van der Waals surface area contributed by atoms with Gasteiger partial charge >= 0.3 is 5.97 Å². The third-order valence-electron chi connectivity index (χ3n) is 1.83. The fraction of sp³-hybridized carbons (Fsp3) is 0.875. The quantitative estimate of drug-likeness (QED) is 0.593. The molecule has 0 heterocycles. The van der Waals surface area contributed by atoms with Crippen molar-refractivity contribution in [3.63, 3.8) is 0 Å². The number of aliphatic carboxylic acids is 1. The Kier molecular flexibility index (Phi) is 5.77. The number of carbonyl (C=O) groups is 1. The number of nitrogens with one attached hydrogen (secondary N) is 1. The molecule has 2 N–H and O–H groups in total. The molecule has 0 aromatic carbocycles. The summed E-state index contributed by atoms with van der Waals surface area (Å²) >= 11 is 0. The first kappa shape index (κ1) is 14.3. The SMILES string of the molecule is CCCC(NS(C)(=O)=O)N(C)CC(=O)O. The van der Waals surface area contributed by atoms with Crippen LogP contribution in [0.3, 0.4) is 0 Å². The Bertz CT molecular complexity index is 302. The third kappa shape index (κ3) is 7.29. The Morgan fingerprint density at radius 2 is 2.07 bits per heavy atom. The van der Waals surface area contributed by atoms with E-state index in [-0.39, 0.29) is 6.54 Å². The lowest BCUT2D eigenvalue weighted by molar-refractivity contribution is -0.138. The Labute approximate surface area is 90.3 Å². The van der Waals surface area contributed by atoms with E-state index < -0.39 is 22.2 Å². The molecular weight excluding hydrogens is 220 g/mol. The predicted octanol–water partition coefficient (Wildman–Crippen LogP) is -0.322. The van der Waals surface area contributed by atoms with Crippen molar-refractivity contribution in [3.05, 3.63) is 0 Å². The summed E-state index contributed by atoms with van der Waals surface area (Å²) in [5.41, 5.74) is 0. The molecule has 0 radical (unpaired) electrons. The molecule has 0 saturated heterocycles. The van der Waals surface area contributed by atoms with Crippen LogP contribution < -0.4 is 4.72 Å². The van der Waals surface area contributed by atoms with Gasteiger partial charge in [-0.25, -0.2) is 8.42 Å². The second kappa shape index (κ2) is 6.04. The monoisotopic (exact) mass is 238 g/mol. The van der Waals surface area contributed by atoms with Crippen molar-refractivity contribution < 1.29 is 18.3 Å². The van der Waals surface area contributed by atoms with E-state index in [1.165, 1.54) is 4.90 Å². The zero-order valence-electron chi connectivity index (χ0n) is 9.23. The maximum absolute atomic E-state index is 11.0. The molecule has 0 rings (SSSR count). The first-order valence-electron chi connectivity index (χ1n) is 4.65. The van der Waals surface area contributed by atoms with Gasteiger partial charge in [-0.05, 0) is 13.5 Å². The number of hydrogen-bond acceptors (Lipinski definition) is 4. The highest BCUT2D eigenvalue weighted by Crippen LogP contribution is 2.02. The normalized spacial score (nSPS) is 14.1. The zero-order valence-corrected chi connectivity index (χ0v) is 10.0. The molecule has 0 spiro atoms. The molecule has 1 atom stereocenters. The van der Waals surface area contributed by atoms with Gasteiger partial charge in [-0.1, -0.05) is 13.3 Å². The van der Waals surface area contributed by atoms with Crippen molar-refractivity contribution in [1.29, 1.82) is 0 Å². The second-order valence-corrected chi connectivity index (χ2v) is 5.28. The number of sulfonamides is 1. The molecule has 7 heteroatoms. The summed E-state index contributed by atoms with van der Waals surface area (Å²) in [6.45, 7) is 1.72. The minimum absolute atomic E-state index is 0.187. The molecule has 0 aromatic heterocycles. The molecule has 0 bridgehead atoms.